The summed E-state index contributed by atoms with van der Waals surface area (Å²) in [6.45, 7) is 3.89. The number of ether oxygens (including phenoxy) is 1. The van der Waals surface area contributed by atoms with Crippen molar-refractivity contribution in [2.24, 2.45) is 17.6 Å². The maximum absolute atomic E-state index is 11.6. The van der Waals surface area contributed by atoms with Crippen LogP contribution in [0.5, 0.6) is 0 Å². The van der Waals surface area contributed by atoms with Crippen molar-refractivity contribution in [1.82, 2.24) is 4.98 Å². The van der Waals surface area contributed by atoms with Gasteiger partial charge in [0.25, 0.3) is 6.01 Å². The summed E-state index contributed by atoms with van der Waals surface area (Å²) in [5, 5.41) is 0. The highest BCUT2D eigenvalue weighted by Gasteiger charge is 2.40. The average molecular weight is 279 g/mol. The molecule has 1 aliphatic carbocycles. The van der Waals surface area contributed by atoms with Gasteiger partial charge in [-0.15, -0.1) is 0 Å². The van der Waals surface area contributed by atoms with Crippen LogP contribution in [0, 0.1) is 11.8 Å². The maximum atomic E-state index is 11.6. The van der Waals surface area contributed by atoms with Crippen LogP contribution in [0.15, 0.2) is 10.7 Å². The minimum absolute atomic E-state index is 0.237. The molecule has 2 aliphatic rings. The van der Waals surface area contributed by atoms with E-state index in [-0.39, 0.29) is 11.7 Å². The fourth-order valence-corrected chi connectivity index (χ4v) is 3.38. The molecule has 3 rings (SSSR count). The highest BCUT2D eigenvalue weighted by Crippen LogP contribution is 2.37. The molecule has 2 fully saturated rings. The highest BCUT2D eigenvalue weighted by molar-refractivity contribution is 5.87. The standard InChI is InChI=1S/C14H21N3O3/c1-2-19-13(18)12-8-20-14(16-12)17-6-9-4-3-5-11(15)10(9)7-17/h8-11H,2-7,15H2,1H3. The van der Waals surface area contributed by atoms with Gasteiger partial charge in [0.15, 0.2) is 5.69 Å². The fraction of sp³-hybridized carbons (Fsp3) is 0.714. The van der Waals surface area contributed by atoms with E-state index in [0.717, 1.165) is 19.5 Å². The Balaban J connectivity index is 1.70. The van der Waals surface area contributed by atoms with Gasteiger partial charge in [-0.2, -0.15) is 4.98 Å². The Kier molecular flexibility index (Phi) is 3.65. The number of hydrogen-bond donors (Lipinski definition) is 1. The fourth-order valence-electron chi connectivity index (χ4n) is 3.38. The lowest BCUT2D eigenvalue weighted by atomic mass is 9.78. The smallest absolute Gasteiger partial charge is 0.360 e. The van der Waals surface area contributed by atoms with E-state index in [4.69, 9.17) is 14.9 Å². The molecule has 0 spiro atoms. The Bertz CT molecular complexity index is 488. The van der Waals surface area contributed by atoms with Gasteiger partial charge in [-0.1, -0.05) is 6.42 Å². The predicted molar refractivity (Wildman–Crippen MR) is 73.5 cm³/mol. The number of nitrogens with two attached hydrogens (primary N) is 1. The lowest BCUT2D eigenvalue weighted by Gasteiger charge is -2.29. The van der Waals surface area contributed by atoms with Crippen LogP contribution in [0.1, 0.15) is 36.7 Å². The summed E-state index contributed by atoms with van der Waals surface area (Å²) in [5.41, 5.74) is 6.44. The summed E-state index contributed by atoms with van der Waals surface area (Å²) in [5.74, 6) is 0.703. The van der Waals surface area contributed by atoms with Crippen LogP contribution in [-0.4, -0.2) is 36.7 Å². The number of rotatable bonds is 3. The number of aromatic nitrogens is 1. The van der Waals surface area contributed by atoms with Crippen molar-refractivity contribution in [2.45, 2.75) is 32.2 Å². The van der Waals surface area contributed by atoms with Crippen molar-refractivity contribution in [3.63, 3.8) is 0 Å². The van der Waals surface area contributed by atoms with Crippen molar-refractivity contribution in [1.29, 1.82) is 0 Å². The number of nitrogens with zero attached hydrogens (tertiary/aromatic N) is 2. The maximum Gasteiger partial charge on any atom is 0.360 e. The quantitative estimate of drug-likeness (QED) is 0.843. The summed E-state index contributed by atoms with van der Waals surface area (Å²) in [6, 6.07) is 0.785. The molecule has 110 valence electrons. The molecule has 6 heteroatoms. The molecule has 1 aliphatic heterocycles. The van der Waals surface area contributed by atoms with Crippen LogP contribution in [-0.2, 0) is 4.74 Å². The van der Waals surface area contributed by atoms with Crippen molar-refractivity contribution in [3.8, 4) is 0 Å². The molecule has 2 N–H and O–H groups in total. The van der Waals surface area contributed by atoms with Gasteiger partial charge in [0.1, 0.15) is 6.26 Å². The molecular formula is C14H21N3O3. The van der Waals surface area contributed by atoms with Gasteiger partial charge in [0.2, 0.25) is 0 Å². The zero-order chi connectivity index (χ0) is 14.1. The first-order valence-corrected chi connectivity index (χ1v) is 7.32. The lowest BCUT2D eigenvalue weighted by molar-refractivity contribution is 0.0519. The van der Waals surface area contributed by atoms with E-state index >= 15 is 0 Å². The van der Waals surface area contributed by atoms with E-state index in [1.807, 2.05) is 0 Å². The number of esters is 1. The van der Waals surface area contributed by atoms with Crippen LogP contribution >= 0.6 is 0 Å². The second kappa shape index (κ2) is 5.44. The molecule has 1 aromatic heterocycles. The first kappa shape index (κ1) is 13.4. The summed E-state index contributed by atoms with van der Waals surface area (Å²) in [4.78, 5) is 17.9. The number of anilines is 1. The number of oxazole rings is 1. The number of hydrogen-bond acceptors (Lipinski definition) is 6. The number of fused-ring (bicyclic) bond motifs is 1. The summed E-state index contributed by atoms with van der Waals surface area (Å²) in [7, 11) is 0. The molecule has 1 saturated heterocycles. The Morgan fingerprint density at radius 2 is 2.40 bits per heavy atom. The molecule has 20 heavy (non-hydrogen) atoms. The number of carbonyl (C=O) groups is 1. The second-order valence-corrected chi connectivity index (χ2v) is 5.66. The van der Waals surface area contributed by atoms with E-state index in [0.29, 0.717) is 24.5 Å². The van der Waals surface area contributed by atoms with Crippen LogP contribution in [0.4, 0.5) is 6.01 Å². The Hall–Kier alpha value is -1.56. The van der Waals surface area contributed by atoms with Crippen molar-refractivity contribution >= 4 is 12.0 Å². The van der Waals surface area contributed by atoms with E-state index in [2.05, 4.69) is 9.88 Å². The van der Waals surface area contributed by atoms with Crippen LogP contribution in [0.2, 0.25) is 0 Å². The molecule has 0 amide bonds. The van der Waals surface area contributed by atoms with Crippen molar-refractivity contribution in [2.75, 3.05) is 24.6 Å². The monoisotopic (exact) mass is 279 g/mol. The molecule has 6 nitrogen and oxygen atoms in total. The molecule has 2 heterocycles. The third-order valence-electron chi connectivity index (χ3n) is 4.40. The minimum atomic E-state index is -0.434. The van der Waals surface area contributed by atoms with Gasteiger partial charge in [-0.3, -0.25) is 0 Å². The van der Waals surface area contributed by atoms with Crippen LogP contribution < -0.4 is 10.6 Å². The van der Waals surface area contributed by atoms with Crippen molar-refractivity contribution < 1.29 is 13.9 Å². The summed E-state index contributed by atoms with van der Waals surface area (Å²) < 4.78 is 10.3. The summed E-state index contributed by atoms with van der Waals surface area (Å²) >= 11 is 0. The molecule has 0 aromatic carbocycles. The van der Waals surface area contributed by atoms with Gasteiger partial charge < -0.3 is 19.8 Å². The highest BCUT2D eigenvalue weighted by atomic mass is 16.5. The molecule has 1 saturated carbocycles. The van der Waals surface area contributed by atoms with E-state index in [1.165, 1.54) is 19.1 Å². The first-order chi connectivity index (χ1) is 9.69. The third-order valence-corrected chi connectivity index (χ3v) is 4.40. The van der Waals surface area contributed by atoms with Crippen LogP contribution in [0.25, 0.3) is 0 Å². The minimum Gasteiger partial charge on any atom is -0.461 e. The molecular weight excluding hydrogens is 258 g/mol. The van der Waals surface area contributed by atoms with E-state index in [1.54, 1.807) is 6.92 Å². The zero-order valence-corrected chi connectivity index (χ0v) is 11.7. The van der Waals surface area contributed by atoms with Gasteiger partial charge >= 0.3 is 5.97 Å². The Labute approximate surface area is 118 Å². The molecule has 3 atom stereocenters. The SMILES string of the molecule is CCOC(=O)c1coc(N2CC3CCCC(N)C3C2)n1. The topological polar surface area (TPSA) is 81.6 Å². The van der Waals surface area contributed by atoms with Gasteiger partial charge in [-0.05, 0) is 31.6 Å². The Morgan fingerprint density at radius 3 is 3.15 bits per heavy atom. The van der Waals surface area contributed by atoms with Gasteiger partial charge in [-0.25, -0.2) is 4.79 Å². The molecule has 3 unspecified atom stereocenters. The number of carbonyl (C=O) groups excluding carboxylic acids is 1. The normalized spacial score (nSPS) is 29.3. The largest absolute Gasteiger partial charge is 0.461 e. The van der Waals surface area contributed by atoms with Gasteiger partial charge in [0, 0.05) is 19.1 Å². The average Bonchev–Trinajstić information content (AvgIpc) is 3.06. The second-order valence-electron chi connectivity index (χ2n) is 5.66. The summed E-state index contributed by atoms with van der Waals surface area (Å²) in [6.07, 6.45) is 4.90. The molecule has 0 bridgehead atoms. The molecule has 1 aromatic rings. The third kappa shape index (κ3) is 2.40. The predicted octanol–water partition coefficient (Wildman–Crippen LogP) is 1.41. The Morgan fingerprint density at radius 1 is 1.55 bits per heavy atom. The molecule has 0 radical (unpaired) electrons. The van der Waals surface area contributed by atoms with E-state index in [9.17, 15) is 4.79 Å². The van der Waals surface area contributed by atoms with Gasteiger partial charge in [0.05, 0.1) is 6.61 Å². The zero-order valence-electron chi connectivity index (χ0n) is 11.7. The van der Waals surface area contributed by atoms with Crippen LogP contribution in [0.3, 0.4) is 0 Å². The lowest BCUT2D eigenvalue weighted by Crippen LogP contribution is -2.38. The van der Waals surface area contributed by atoms with Crippen molar-refractivity contribution in [3.05, 3.63) is 12.0 Å². The first-order valence-electron chi connectivity index (χ1n) is 7.32. The van der Waals surface area contributed by atoms with E-state index < -0.39 is 5.97 Å².